The Morgan fingerprint density at radius 3 is 2.40 bits per heavy atom. The zero-order chi connectivity index (χ0) is 14.8. The Kier molecular flexibility index (Phi) is 4.26. The highest BCUT2D eigenvalue weighted by Gasteiger charge is 2.27. The largest absolute Gasteiger partial charge is 0.355 e. The van der Waals surface area contributed by atoms with Gasteiger partial charge in [-0.2, -0.15) is 0 Å². The van der Waals surface area contributed by atoms with Crippen molar-refractivity contribution in [3.05, 3.63) is 18.1 Å². The van der Waals surface area contributed by atoms with E-state index < -0.39 is 0 Å². The molecule has 0 aliphatic carbocycles. The van der Waals surface area contributed by atoms with Crippen molar-refractivity contribution in [1.82, 2.24) is 15.3 Å². The number of amides is 1. The summed E-state index contributed by atoms with van der Waals surface area (Å²) in [5.74, 6) is 1.10. The number of hydrogen-bond donors (Lipinski definition) is 1. The standard InChI is InChI=1S/C15H24N4O/c1-11-13(17-8-7-16-11)19-9-5-12(6-10-19)18-14(20)15(2,3)4/h7-8,12H,5-6,9-10H2,1-4H3,(H,18,20). The van der Waals surface area contributed by atoms with Crippen LogP contribution in [-0.4, -0.2) is 35.0 Å². The molecule has 0 spiro atoms. The summed E-state index contributed by atoms with van der Waals surface area (Å²) < 4.78 is 0. The fourth-order valence-corrected chi connectivity index (χ4v) is 2.35. The molecule has 20 heavy (non-hydrogen) atoms. The van der Waals surface area contributed by atoms with E-state index in [2.05, 4.69) is 20.2 Å². The molecule has 1 aromatic heterocycles. The molecule has 1 N–H and O–H groups in total. The van der Waals surface area contributed by atoms with E-state index in [0.29, 0.717) is 0 Å². The summed E-state index contributed by atoms with van der Waals surface area (Å²) in [7, 11) is 0. The van der Waals surface area contributed by atoms with Crippen LogP contribution in [0.25, 0.3) is 0 Å². The monoisotopic (exact) mass is 276 g/mol. The lowest BCUT2D eigenvalue weighted by Crippen LogP contribution is -2.48. The minimum atomic E-state index is -0.321. The number of aryl methyl sites for hydroxylation is 1. The molecule has 5 heteroatoms. The number of rotatable bonds is 2. The molecule has 0 saturated carbocycles. The molecule has 1 fully saturated rings. The lowest BCUT2D eigenvalue weighted by molar-refractivity contribution is -0.129. The van der Waals surface area contributed by atoms with Gasteiger partial charge >= 0.3 is 0 Å². The predicted octanol–water partition coefficient (Wildman–Crippen LogP) is 1.92. The molecule has 0 unspecified atom stereocenters. The van der Waals surface area contributed by atoms with E-state index in [1.165, 1.54) is 0 Å². The van der Waals surface area contributed by atoms with E-state index in [0.717, 1.165) is 37.4 Å². The van der Waals surface area contributed by atoms with E-state index in [4.69, 9.17) is 0 Å². The van der Waals surface area contributed by atoms with Gasteiger partial charge in [0.05, 0.1) is 5.69 Å². The Morgan fingerprint density at radius 2 is 1.85 bits per heavy atom. The van der Waals surface area contributed by atoms with Gasteiger partial charge in [-0.05, 0) is 19.8 Å². The van der Waals surface area contributed by atoms with Crippen LogP contribution in [0.5, 0.6) is 0 Å². The average molecular weight is 276 g/mol. The Labute approximate surface area is 120 Å². The van der Waals surface area contributed by atoms with Crippen molar-refractivity contribution in [2.75, 3.05) is 18.0 Å². The van der Waals surface area contributed by atoms with Gasteiger partial charge < -0.3 is 10.2 Å². The smallest absolute Gasteiger partial charge is 0.225 e. The molecule has 1 aliphatic rings. The van der Waals surface area contributed by atoms with Crippen LogP contribution in [0.15, 0.2) is 12.4 Å². The molecule has 0 aromatic carbocycles. The highest BCUT2D eigenvalue weighted by molar-refractivity contribution is 5.81. The summed E-state index contributed by atoms with van der Waals surface area (Å²) in [6, 6.07) is 0.273. The molecule has 2 heterocycles. The molecular formula is C15H24N4O. The summed E-state index contributed by atoms with van der Waals surface area (Å²) in [5.41, 5.74) is 0.642. The Morgan fingerprint density at radius 1 is 1.25 bits per heavy atom. The van der Waals surface area contributed by atoms with Crippen molar-refractivity contribution in [2.24, 2.45) is 5.41 Å². The van der Waals surface area contributed by atoms with Gasteiger partial charge in [0.25, 0.3) is 0 Å². The maximum Gasteiger partial charge on any atom is 0.225 e. The van der Waals surface area contributed by atoms with Crippen LogP contribution < -0.4 is 10.2 Å². The number of hydrogen-bond acceptors (Lipinski definition) is 4. The summed E-state index contributed by atoms with van der Waals surface area (Å²) >= 11 is 0. The van der Waals surface area contributed by atoms with Gasteiger partial charge in [0.1, 0.15) is 5.82 Å². The van der Waals surface area contributed by atoms with Crippen LogP contribution in [-0.2, 0) is 4.79 Å². The lowest BCUT2D eigenvalue weighted by Gasteiger charge is -2.34. The van der Waals surface area contributed by atoms with E-state index >= 15 is 0 Å². The van der Waals surface area contributed by atoms with Crippen molar-refractivity contribution >= 4 is 11.7 Å². The first-order valence-electron chi connectivity index (χ1n) is 7.21. The Hall–Kier alpha value is -1.65. The summed E-state index contributed by atoms with van der Waals surface area (Å²) in [4.78, 5) is 22.9. The number of carbonyl (C=O) groups excluding carboxylic acids is 1. The van der Waals surface area contributed by atoms with Gasteiger partial charge in [-0.3, -0.25) is 9.78 Å². The molecule has 5 nitrogen and oxygen atoms in total. The highest BCUT2D eigenvalue weighted by atomic mass is 16.2. The third-order valence-electron chi connectivity index (χ3n) is 3.67. The quantitative estimate of drug-likeness (QED) is 0.896. The maximum atomic E-state index is 12.0. The molecular weight excluding hydrogens is 252 g/mol. The van der Waals surface area contributed by atoms with Gasteiger partial charge in [0.15, 0.2) is 0 Å². The van der Waals surface area contributed by atoms with Crippen LogP contribution >= 0.6 is 0 Å². The number of anilines is 1. The second-order valence-electron chi connectivity index (χ2n) is 6.45. The van der Waals surface area contributed by atoms with Crippen LogP contribution in [0.2, 0.25) is 0 Å². The first-order chi connectivity index (χ1) is 9.38. The zero-order valence-corrected chi connectivity index (χ0v) is 12.8. The van der Waals surface area contributed by atoms with E-state index in [-0.39, 0.29) is 17.4 Å². The van der Waals surface area contributed by atoms with Crippen molar-refractivity contribution in [1.29, 1.82) is 0 Å². The van der Waals surface area contributed by atoms with Crippen molar-refractivity contribution in [2.45, 2.75) is 46.6 Å². The van der Waals surface area contributed by atoms with Gasteiger partial charge in [-0.25, -0.2) is 4.98 Å². The predicted molar refractivity (Wildman–Crippen MR) is 79.6 cm³/mol. The number of piperidine rings is 1. The molecule has 0 atom stereocenters. The zero-order valence-electron chi connectivity index (χ0n) is 12.8. The molecule has 0 bridgehead atoms. The normalized spacial score (nSPS) is 17.1. The molecule has 110 valence electrons. The second kappa shape index (κ2) is 5.77. The summed E-state index contributed by atoms with van der Waals surface area (Å²) in [6.07, 6.45) is 5.36. The SMILES string of the molecule is Cc1nccnc1N1CCC(NC(=O)C(C)(C)C)CC1. The highest BCUT2D eigenvalue weighted by Crippen LogP contribution is 2.21. The average Bonchev–Trinajstić information content (AvgIpc) is 2.39. The number of nitrogens with one attached hydrogen (secondary N) is 1. The molecule has 1 amide bonds. The van der Waals surface area contributed by atoms with Gasteiger partial charge in [0.2, 0.25) is 5.91 Å². The second-order valence-corrected chi connectivity index (χ2v) is 6.45. The minimum Gasteiger partial charge on any atom is -0.355 e. The van der Waals surface area contributed by atoms with Gasteiger partial charge in [-0.15, -0.1) is 0 Å². The van der Waals surface area contributed by atoms with Gasteiger partial charge in [-0.1, -0.05) is 20.8 Å². The molecule has 1 aromatic rings. The fraction of sp³-hybridized carbons (Fsp3) is 0.667. The Balaban J connectivity index is 1.90. The van der Waals surface area contributed by atoms with Crippen molar-refractivity contribution < 1.29 is 4.79 Å². The first-order valence-corrected chi connectivity index (χ1v) is 7.21. The van der Waals surface area contributed by atoms with Crippen molar-refractivity contribution in [3.8, 4) is 0 Å². The van der Waals surface area contributed by atoms with E-state index in [1.54, 1.807) is 12.4 Å². The number of aromatic nitrogens is 2. The fourth-order valence-electron chi connectivity index (χ4n) is 2.35. The first kappa shape index (κ1) is 14.8. The summed E-state index contributed by atoms with van der Waals surface area (Å²) in [5, 5.41) is 3.14. The van der Waals surface area contributed by atoms with E-state index in [9.17, 15) is 4.79 Å². The minimum absolute atomic E-state index is 0.131. The van der Waals surface area contributed by atoms with Gasteiger partial charge in [0, 0.05) is 36.9 Å². The van der Waals surface area contributed by atoms with Crippen LogP contribution in [0.4, 0.5) is 5.82 Å². The van der Waals surface area contributed by atoms with Crippen LogP contribution in [0, 0.1) is 12.3 Å². The molecule has 0 radical (unpaired) electrons. The topological polar surface area (TPSA) is 58.1 Å². The van der Waals surface area contributed by atoms with Crippen LogP contribution in [0.1, 0.15) is 39.3 Å². The van der Waals surface area contributed by atoms with Crippen molar-refractivity contribution in [3.63, 3.8) is 0 Å². The third-order valence-corrected chi connectivity index (χ3v) is 3.67. The van der Waals surface area contributed by atoms with Crippen LogP contribution in [0.3, 0.4) is 0 Å². The summed E-state index contributed by atoms with van der Waals surface area (Å²) in [6.45, 7) is 9.64. The Bertz CT molecular complexity index is 473. The molecule has 1 aliphatic heterocycles. The number of nitrogens with zero attached hydrogens (tertiary/aromatic N) is 3. The molecule has 2 rings (SSSR count). The lowest BCUT2D eigenvalue weighted by atomic mass is 9.94. The molecule has 1 saturated heterocycles. The van der Waals surface area contributed by atoms with E-state index in [1.807, 2.05) is 27.7 Å². The maximum absolute atomic E-state index is 12.0. The number of carbonyl (C=O) groups is 1. The third kappa shape index (κ3) is 3.46.